The first-order valence-electron chi connectivity index (χ1n) is 12.6. The van der Waals surface area contributed by atoms with Crippen molar-refractivity contribution in [3.8, 4) is 0 Å². The maximum atomic E-state index is 13.6. The van der Waals surface area contributed by atoms with Gasteiger partial charge in [-0.2, -0.15) is 4.98 Å². The molecule has 0 saturated heterocycles. The van der Waals surface area contributed by atoms with Crippen molar-refractivity contribution in [2.45, 2.75) is 65.3 Å². The Kier molecular flexibility index (Phi) is 8.51. The molecule has 1 aromatic carbocycles. The van der Waals surface area contributed by atoms with Crippen molar-refractivity contribution in [1.82, 2.24) is 34.1 Å². The normalized spacial score (nSPS) is 12.4. The zero-order valence-corrected chi connectivity index (χ0v) is 21.3. The number of nitrogens with zero attached hydrogens (tertiary/aromatic N) is 6. The van der Waals surface area contributed by atoms with Crippen molar-refractivity contribution in [3.63, 3.8) is 0 Å². The molecule has 0 fully saturated rings. The molecule has 3 aromatic heterocycles. The number of benzene rings is 1. The number of nitrogens with one attached hydrogen (secondary N) is 1. The molecule has 0 radical (unpaired) electrons. The molecule has 0 aliphatic rings. The summed E-state index contributed by atoms with van der Waals surface area (Å²) >= 11 is 0. The highest BCUT2D eigenvalue weighted by Crippen LogP contribution is 2.16. The molecule has 0 aliphatic heterocycles. The van der Waals surface area contributed by atoms with E-state index in [4.69, 9.17) is 15.2 Å². The Labute approximate surface area is 213 Å². The first-order chi connectivity index (χ1) is 17.9. The van der Waals surface area contributed by atoms with E-state index in [1.807, 2.05) is 42.7 Å². The fraction of sp³-hybridized carbons (Fsp3) is 0.480. The minimum absolute atomic E-state index is 0.211. The van der Waals surface area contributed by atoms with Crippen molar-refractivity contribution >= 4 is 16.9 Å². The molecule has 0 spiro atoms. The average Bonchev–Trinajstić information content (AvgIpc) is 3.52. The number of nitrogens with two attached hydrogens (primary N) is 1. The van der Waals surface area contributed by atoms with Gasteiger partial charge in [-0.25, -0.2) is 9.78 Å². The Morgan fingerprint density at radius 1 is 1.14 bits per heavy atom. The standard InChI is InChI=1S/C25H34N8O4/c1-3-10-33-24(35)22-23(32(25(33)36)11-8-17-6-5-7-18(26)13-17)30-20(14-21-28-16-29-37-21)31(22)12-9-27-15-19(34)4-2/h5-7,13,16,19,27,34H,3-4,8-12,14-15,26H2,1-2H3. The van der Waals surface area contributed by atoms with Gasteiger partial charge in [-0.1, -0.05) is 31.1 Å². The Bertz CT molecular complexity index is 1440. The van der Waals surface area contributed by atoms with Gasteiger partial charge in [-0.3, -0.25) is 13.9 Å². The summed E-state index contributed by atoms with van der Waals surface area (Å²) in [5.41, 5.74) is 7.49. The molecular weight excluding hydrogens is 476 g/mol. The molecule has 1 atom stereocenters. The Hall–Kier alpha value is -3.77. The molecule has 0 bridgehead atoms. The SMILES string of the molecule is CCCn1c(=O)c2c(nc(Cc3ncno3)n2CCNCC(O)CC)n(CCc2cccc(N)c2)c1=O. The summed E-state index contributed by atoms with van der Waals surface area (Å²) in [6, 6.07) is 7.52. The highest BCUT2D eigenvalue weighted by molar-refractivity contribution is 5.71. The van der Waals surface area contributed by atoms with E-state index in [1.165, 1.54) is 10.9 Å². The van der Waals surface area contributed by atoms with E-state index in [9.17, 15) is 14.7 Å². The van der Waals surface area contributed by atoms with Crippen LogP contribution in [0.1, 0.15) is 44.0 Å². The second kappa shape index (κ2) is 12.0. The van der Waals surface area contributed by atoms with Gasteiger partial charge in [-0.05, 0) is 37.0 Å². The summed E-state index contributed by atoms with van der Waals surface area (Å²) in [7, 11) is 0. The maximum absolute atomic E-state index is 13.6. The van der Waals surface area contributed by atoms with Crippen LogP contribution in [0.15, 0.2) is 44.7 Å². The van der Waals surface area contributed by atoms with Crippen LogP contribution in [0, 0.1) is 0 Å². The minimum atomic E-state index is -0.448. The van der Waals surface area contributed by atoms with Crippen LogP contribution in [0.5, 0.6) is 0 Å². The Morgan fingerprint density at radius 3 is 2.68 bits per heavy atom. The molecule has 4 aromatic rings. The van der Waals surface area contributed by atoms with Crippen LogP contribution in [-0.4, -0.2) is 53.1 Å². The molecule has 0 saturated carbocycles. The molecule has 37 heavy (non-hydrogen) atoms. The largest absolute Gasteiger partial charge is 0.399 e. The van der Waals surface area contributed by atoms with Crippen LogP contribution in [0.25, 0.3) is 11.2 Å². The number of hydrogen-bond donors (Lipinski definition) is 3. The summed E-state index contributed by atoms with van der Waals surface area (Å²) < 4.78 is 9.86. The van der Waals surface area contributed by atoms with E-state index < -0.39 is 6.10 Å². The van der Waals surface area contributed by atoms with Gasteiger partial charge in [0.2, 0.25) is 5.89 Å². The Morgan fingerprint density at radius 2 is 1.97 bits per heavy atom. The molecule has 198 valence electrons. The van der Waals surface area contributed by atoms with Gasteiger partial charge in [0.1, 0.15) is 5.82 Å². The monoisotopic (exact) mass is 510 g/mol. The zero-order valence-electron chi connectivity index (χ0n) is 21.3. The summed E-state index contributed by atoms with van der Waals surface area (Å²) in [6.07, 6.45) is 2.90. The van der Waals surface area contributed by atoms with Gasteiger partial charge >= 0.3 is 5.69 Å². The number of hydrogen-bond acceptors (Lipinski definition) is 9. The van der Waals surface area contributed by atoms with Crippen LogP contribution in [-0.2, 0) is 32.5 Å². The lowest BCUT2D eigenvalue weighted by Gasteiger charge is -2.14. The summed E-state index contributed by atoms with van der Waals surface area (Å²) in [5, 5.41) is 16.8. The fourth-order valence-electron chi connectivity index (χ4n) is 4.34. The van der Waals surface area contributed by atoms with E-state index in [1.54, 1.807) is 4.57 Å². The second-order valence-electron chi connectivity index (χ2n) is 9.02. The van der Waals surface area contributed by atoms with E-state index in [0.717, 1.165) is 5.56 Å². The van der Waals surface area contributed by atoms with Gasteiger partial charge in [0, 0.05) is 38.4 Å². The quantitative estimate of drug-likeness (QED) is 0.176. The number of aliphatic hydroxyl groups is 1. The van der Waals surface area contributed by atoms with E-state index >= 15 is 0 Å². The molecule has 4 rings (SSSR count). The van der Waals surface area contributed by atoms with Gasteiger partial charge in [0.05, 0.1) is 12.5 Å². The molecular formula is C25H34N8O4. The number of aliphatic hydroxyl groups excluding tert-OH is 1. The highest BCUT2D eigenvalue weighted by Gasteiger charge is 2.22. The number of nitrogen functional groups attached to an aromatic ring is 1. The number of aromatic nitrogens is 6. The van der Waals surface area contributed by atoms with Gasteiger partial charge in [0.25, 0.3) is 5.56 Å². The van der Waals surface area contributed by atoms with Crippen molar-refractivity contribution < 1.29 is 9.63 Å². The number of anilines is 1. The molecule has 0 aliphatic carbocycles. The molecule has 12 heteroatoms. The molecule has 1 unspecified atom stereocenters. The first-order valence-corrected chi connectivity index (χ1v) is 12.6. The topological polar surface area (TPSA) is 159 Å². The second-order valence-corrected chi connectivity index (χ2v) is 9.02. The minimum Gasteiger partial charge on any atom is -0.399 e. The molecule has 0 amide bonds. The Balaban J connectivity index is 1.79. The predicted molar refractivity (Wildman–Crippen MR) is 139 cm³/mol. The van der Waals surface area contributed by atoms with Crippen LogP contribution in [0.4, 0.5) is 5.69 Å². The lowest BCUT2D eigenvalue weighted by Crippen LogP contribution is -2.41. The number of imidazole rings is 1. The van der Waals surface area contributed by atoms with Crippen LogP contribution in [0.3, 0.4) is 0 Å². The lowest BCUT2D eigenvalue weighted by molar-refractivity contribution is 0.167. The summed E-state index contributed by atoms with van der Waals surface area (Å²) in [5.74, 6) is 0.897. The van der Waals surface area contributed by atoms with Crippen LogP contribution < -0.4 is 22.3 Å². The number of aryl methyl sites for hydroxylation is 2. The molecule has 3 heterocycles. The number of fused-ring (bicyclic) bond motifs is 1. The van der Waals surface area contributed by atoms with Crippen LogP contribution in [0.2, 0.25) is 0 Å². The molecule has 12 nitrogen and oxygen atoms in total. The van der Waals surface area contributed by atoms with Gasteiger partial charge in [-0.15, -0.1) is 0 Å². The third kappa shape index (κ3) is 5.97. The first kappa shape index (κ1) is 26.3. The lowest BCUT2D eigenvalue weighted by atomic mass is 10.1. The third-order valence-electron chi connectivity index (χ3n) is 6.30. The summed E-state index contributed by atoms with van der Waals surface area (Å²) in [4.78, 5) is 35.9. The fourth-order valence-corrected chi connectivity index (χ4v) is 4.34. The van der Waals surface area contributed by atoms with Crippen LogP contribution >= 0.6 is 0 Å². The molecule has 4 N–H and O–H groups in total. The van der Waals surface area contributed by atoms with Crippen molar-refractivity contribution in [2.75, 3.05) is 18.8 Å². The smallest absolute Gasteiger partial charge is 0.332 e. The predicted octanol–water partition coefficient (Wildman–Crippen LogP) is 0.929. The average molecular weight is 511 g/mol. The van der Waals surface area contributed by atoms with Gasteiger partial charge in [0.15, 0.2) is 17.5 Å². The van der Waals surface area contributed by atoms with Crippen molar-refractivity contribution in [2.24, 2.45) is 0 Å². The van der Waals surface area contributed by atoms with E-state index in [2.05, 4.69) is 15.5 Å². The van der Waals surface area contributed by atoms with E-state index in [-0.39, 0.29) is 17.7 Å². The number of rotatable bonds is 13. The highest BCUT2D eigenvalue weighted by atomic mass is 16.5. The maximum Gasteiger partial charge on any atom is 0.332 e. The van der Waals surface area contributed by atoms with Gasteiger partial charge < -0.3 is 25.2 Å². The summed E-state index contributed by atoms with van der Waals surface area (Å²) in [6.45, 7) is 5.82. The van der Waals surface area contributed by atoms with Crippen molar-refractivity contribution in [3.05, 3.63) is 68.7 Å². The third-order valence-corrected chi connectivity index (χ3v) is 6.30. The van der Waals surface area contributed by atoms with Crippen molar-refractivity contribution in [1.29, 1.82) is 0 Å². The van der Waals surface area contributed by atoms with E-state index in [0.29, 0.717) is 80.6 Å². The zero-order chi connectivity index (χ0) is 26.4.